The van der Waals surface area contributed by atoms with Gasteiger partial charge in [0.05, 0.1) is 0 Å². The van der Waals surface area contributed by atoms with Gasteiger partial charge in [0.1, 0.15) is 5.84 Å². The Hall–Kier alpha value is -1.39. The molecule has 0 saturated heterocycles. The number of carboxylic acid groups (broad SMARTS) is 1. The molecule has 0 spiro atoms. The van der Waals surface area contributed by atoms with Crippen molar-refractivity contribution < 1.29 is 9.90 Å². The van der Waals surface area contributed by atoms with E-state index in [2.05, 4.69) is 10.1 Å². The molecule has 2 heterocycles. The number of rotatable bonds is 1. The molecule has 0 aliphatic carbocycles. The standard InChI is InChI=1S/C7H9N3O2/c11-7(12)5-4-9-10-3-1-2-8-6(5)10/h4-5H,1-3H2,(H,11,12). The first-order valence-corrected chi connectivity index (χ1v) is 3.88. The van der Waals surface area contributed by atoms with Crippen molar-refractivity contribution in [2.45, 2.75) is 6.42 Å². The van der Waals surface area contributed by atoms with E-state index in [1.54, 1.807) is 5.01 Å². The van der Waals surface area contributed by atoms with Gasteiger partial charge in [-0.15, -0.1) is 0 Å². The fraction of sp³-hybridized carbons (Fsp3) is 0.571. The number of nitrogens with zero attached hydrogens (tertiary/aromatic N) is 3. The molecule has 0 aromatic heterocycles. The highest BCUT2D eigenvalue weighted by atomic mass is 16.4. The molecule has 0 amide bonds. The lowest BCUT2D eigenvalue weighted by Gasteiger charge is -2.20. The zero-order chi connectivity index (χ0) is 8.55. The third kappa shape index (κ3) is 0.975. The number of aliphatic carboxylic acids is 1. The van der Waals surface area contributed by atoms with Crippen LogP contribution in [0.3, 0.4) is 0 Å². The summed E-state index contributed by atoms with van der Waals surface area (Å²) in [6.45, 7) is 1.51. The van der Waals surface area contributed by atoms with Gasteiger partial charge in [-0.25, -0.2) is 0 Å². The Morgan fingerprint density at radius 2 is 2.58 bits per heavy atom. The minimum absolute atomic E-state index is 0.591. The summed E-state index contributed by atoms with van der Waals surface area (Å²) in [5, 5.41) is 14.4. The maximum absolute atomic E-state index is 10.7. The molecule has 0 fully saturated rings. The Bertz CT molecular complexity index is 272. The van der Waals surface area contributed by atoms with E-state index < -0.39 is 11.9 Å². The van der Waals surface area contributed by atoms with E-state index in [4.69, 9.17) is 5.11 Å². The summed E-state index contributed by atoms with van der Waals surface area (Å²) in [5.41, 5.74) is 0. The van der Waals surface area contributed by atoms with Crippen molar-refractivity contribution in [3.63, 3.8) is 0 Å². The summed E-state index contributed by atoms with van der Waals surface area (Å²) in [4.78, 5) is 14.8. The van der Waals surface area contributed by atoms with Gasteiger partial charge in [0.15, 0.2) is 5.92 Å². The van der Waals surface area contributed by atoms with E-state index >= 15 is 0 Å². The highest BCUT2D eigenvalue weighted by Gasteiger charge is 2.32. The van der Waals surface area contributed by atoms with Gasteiger partial charge in [-0.05, 0) is 6.42 Å². The van der Waals surface area contributed by atoms with Gasteiger partial charge in [0, 0.05) is 19.3 Å². The molecule has 2 rings (SSSR count). The van der Waals surface area contributed by atoms with Gasteiger partial charge in [0.25, 0.3) is 0 Å². The molecule has 12 heavy (non-hydrogen) atoms. The lowest BCUT2D eigenvalue weighted by molar-refractivity contribution is -0.137. The van der Waals surface area contributed by atoms with Crippen molar-refractivity contribution in [1.29, 1.82) is 0 Å². The first-order valence-electron chi connectivity index (χ1n) is 3.88. The quantitative estimate of drug-likeness (QED) is 0.587. The molecule has 2 aliphatic heterocycles. The average molecular weight is 167 g/mol. The zero-order valence-corrected chi connectivity index (χ0v) is 6.47. The minimum Gasteiger partial charge on any atom is -0.480 e. The number of aliphatic imine (C=N–C) groups is 1. The second-order valence-corrected chi connectivity index (χ2v) is 2.80. The van der Waals surface area contributed by atoms with Crippen LogP contribution in [0.15, 0.2) is 10.1 Å². The zero-order valence-electron chi connectivity index (χ0n) is 6.47. The smallest absolute Gasteiger partial charge is 0.319 e. The summed E-state index contributed by atoms with van der Waals surface area (Å²) in [5.74, 6) is -0.902. The minimum atomic E-state index is -0.873. The van der Waals surface area contributed by atoms with Gasteiger partial charge in [-0.3, -0.25) is 14.8 Å². The normalized spacial score (nSPS) is 26.8. The van der Waals surface area contributed by atoms with E-state index in [0.717, 1.165) is 19.5 Å². The fourth-order valence-corrected chi connectivity index (χ4v) is 1.37. The predicted octanol–water partition coefficient (Wildman–Crippen LogP) is -0.209. The van der Waals surface area contributed by atoms with Crippen LogP contribution in [-0.2, 0) is 4.79 Å². The molecule has 64 valence electrons. The van der Waals surface area contributed by atoms with Gasteiger partial charge in [0.2, 0.25) is 0 Å². The fourth-order valence-electron chi connectivity index (χ4n) is 1.37. The van der Waals surface area contributed by atoms with E-state index in [1.807, 2.05) is 0 Å². The number of hydrogen-bond donors (Lipinski definition) is 1. The highest BCUT2D eigenvalue weighted by molar-refractivity contribution is 6.15. The molecule has 0 aromatic carbocycles. The third-order valence-electron chi connectivity index (χ3n) is 1.97. The number of amidine groups is 1. The van der Waals surface area contributed by atoms with Gasteiger partial charge in [-0.1, -0.05) is 0 Å². The molecule has 1 atom stereocenters. The summed E-state index contributed by atoms with van der Waals surface area (Å²) in [6, 6.07) is 0. The molecule has 0 radical (unpaired) electrons. The van der Waals surface area contributed by atoms with Crippen molar-refractivity contribution in [1.82, 2.24) is 5.01 Å². The molecule has 0 bridgehead atoms. The molecule has 5 heteroatoms. The SMILES string of the molecule is O=C(O)C1C=NN2CCCN=C12. The molecule has 1 N–H and O–H groups in total. The van der Waals surface area contributed by atoms with Gasteiger partial charge >= 0.3 is 5.97 Å². The summed E-state index contributed by atoms with van der Waals surface area (Å²) in [6.07, 6.45) is 2.39. The largest absolute Gasteiger partial charge is 0.480 e. The number of hydrazone groups is 1. The van der Waals surface area contributed by atoms with Crippen molar-refractivity contribution in [2.75, 3.05) is 13.1 Å². The van der Waals surface area contributed by atoms with Crippen LogP contribution in [-0.4, -0.2) is 41.2 Å². The Balaban J connectivity index is 2.25. The molecule has 0 aromatic rings. The van der Waals surface area contributed by atoms with E-state index in [1.165, 1.54) is 6.21 Å². The van der Waals surface area contributed by atoms with E-state index in [0.29, 0.717) is 5.84 Å². The molecular formula is C7H9N3O2. The van der Waals surface area contributed by atoms with E-state index in [9.17, 15) is 4.79 Å². The summed E-state index contributed by atoms with van der Waals surface area (Å²) < 4.78 is 0. The topological polar surface area (TPSA) is 65.3 Å². The van der Waals surface area contributed by atoms with Crippen LogP contribution < -0.4 is 0 Å². The molecule has 2 aliphatic rings. The predicted molar refractivity (Wildman–Crippen MR) is 43.2 cm³/mol. The van der Waals surface area contributed by atoms with Crippen molar-refractivity contribution in [3.05, 3.63) is 0 Å². The van der Waals surface area contributed by atoms with Crippen LogP contribution in [0, 0.1) is 5.92 Å². The molecule has 0 saturated carbocycles. The van der Waals surface area contributed by atoms with Gasteiger partial charge in [-0.2, -0.15) is 5.10 Å². The second kappa shape index (κ2) is 2.58. The van der Waals surface area contributed by atoms with Crippen LogP contribution in [0.25, 0.3) is 0 Å². The maximum atomic E-state index is 10.7. The molecule has 5 nitrogen and oxygen atoms in total. The Labute approximate surface area is 69.4 Å². The van der Waals surface area contributed by atoms with Crippen LogP contribution in [0.1, 0.15) is 6.42 Å². The second-order valence-electron chi connectivity index (χ2n) is 2.80. The van der Waals surface area contributed by atoms with Gasteiger partial charge < -0.3 is 5.11 Å². The first kappa shape index (κ1) is 7.27. The highest BCUT2D eigenvalue weighted by Crippen LogP contribution is 2.16. The summed E-state index contributed by atoms with van der Waals surface area (Å²) in [7, 11) is 0. The van der Waals surface area contributed by atoms with Crippen LogP contribution >= 0.6 is 0 Å². The van der Waals surface area contributed by atoms with Crippen LogP contribution in [0.2, 0.25) is 0 Å². The van der Waals surface area contributed by atoms with Crippen molar-refractivity contribution >= 4 is 18.0 Å². The number of carbonyl (C=O) groups is 1. The Morgan fingerprint density at radius 3 is 3.33 bits per heavy atom. The van der Waals surface area contributed by atoms with E-state index in [-0.39, 0.29) is 0 Å². The number of carboxylic acids is 1. The van der Waals surface area contributed by atoms with Crippen LogP contribution in [0.5, 0.6) is 0 Å². The van der Waals surface area contributed by atoms with Crippen molar-refractivity contribution in [2.24, 2.45) is 16.0 Å². The van der Waals surface area contributed by atoms with Crippen LogP contribution in [0.4, 0.5) is 0 Å². The lowest BCUT2D eigenvalue weighted by atomic mass is 10.1. The average Bonchev–Trinajstić information content (AvgIpc) is 2.47. The molecular weight excluding hydrogens is 158 g/mol. The Kier molecular flexibility index (Phi) is 1.56. The summed E-state index contributed by atoms with van der Waals surface area (Å²) >= 11 is 0. The maximum Gasteiger partial charge on any atom is 0.319 e. The number of fused-ring (bicyclic) bond motifs is 1. The third-order valence-corrected chi connectivity index (χ3v) is 1.97. The monoisotopic (exact) mass is 167 g/mol. The first-order chi connectivity index (χ1) is 5.79. The Morgan fingerprint density at radius 1 is 1.75 bits per heavy atom. The molecule has 1 unspecified atom stereocenters. The lowest BCUT2D eigenvalue weighted by Crippen LogP contribution is -2.34. The van der Waals surface area contributed by atoms with Crippen molar-refractivity contribution in [3.8, 4) is 0 Å². The number of hydrogen-bond acceptors (Lipinski definition) is 4.